The Kier molecular flexibility index (Phi) is 5.40. The lowest BCUT2D eigenvalue weighted by Crippen LogP contribution is -2.51. The number of morpholine rings is 1. The summed E-state index contributed by atoms with van der Waals surface area (Å²) in [5, 5.41) is 3.11. The van der Waals surface area contributed by atoms with Gasteiger partial charge in [0, 0.05) is 56.2 Å². The number of carbonyl (C=O) groups excluding carboxylic acids is 1. The van der Waals surface area contributed by atoms with Crippen molar-refractivity contribution in [2.75, 3.05) is 54.6 Å². The molecule has 1 unspecified atom stereocenters. The predicted molar refractivity (Wildman–Crippen MR) is 129 cm³/mol. The van der Waals surface area contributed by atoms with Crippen LogP contribution in [0.3, 0.4) is 0 Å². The smallest absolute Gasteiger partial charge is 0.268 e. The maximum Gasteiger partial charge on any atom is 0.268 e. The van der Waals surface area contributed by atoms with Crippen LogP contribution in [0, 0.1) is 0 Å². The Labute approximate surface area is 197 Å². The van der Waals surface area contributed by atoms with Crippen molar-refractivity contribution in [1.29, 1.82) is 0 Å². The van der Waals surface area contributed by atoms with Crippen LogP contribution in [0.15, 0.2) is 73.6 Å². The number of nitrogens with zero attached hydrogens (tertiary/aromatic N) is 5. The van der Waals surface area contributed by atoms with Crippen molar-refractivity contribution in [2.24, 2.45) is 0 Å². The molecular formula is C25H26N6O3. The summed E-state index contributed by atoms with van der Waals surface area (Å²) in [6.07, 6.45) is 8.79. The fourth-order valence-corrected chi connectivity index (χ4v) is 4.62. The van der Waals surface area contributed by atoms with Crippen LogP contribution in [0.5, 0.6) is 5.75 Å². The molecule has 3 aliphatic rings. The number of hydrogen-bond donors (Lipinski definition) is 1. The number of amides is 1. The SMILES string of the molecule is O=C1Nc2c(OCCN3CCOCC3)cc(-n3ccnc3)cc2N2C=CN(c3ccccc3)C12. The van der Waals surface area contributed by atoms with Crippen LogP contribution in [0.1, 0.15) is 0 Å². The van der Waals surface area contributed by atoms with Gasteiger partial charge in [0.25, 0.3) is 5.91 Å². The van der Waals surface area contributed by atoms with Crippen LogP contribution >= 0.6 is 0 Å². The van der Waals surface area contributed by atoms with Gasteiger partial charge in [-0.1, -0.05) is 18.2 Å². The summed E-state index contributed by atoms with van der Waals surface area (Å²) in [7, 11) is 0. The fraction of sp³-hybridized carbons (Fsp3) is 0.280. The predicted octanol–water partition coefficient (Wildman–Crippen LogP) is 2.66. The quantitative estimate of drug-likeness (QED) is 0.609. The number of anilines is 3. The lowest BCUT2D eigenvalue weighted by molar-refractivity contribution is -0.117. The maximum absolute atomic E-state index is 13.3. The van der Waals surface area contributed by atoms with Gasteiger partial charge in [-0.05, 0) is 18.2 Å². The second-order valence-electron chi connectivity index (χ2n) is 8.42. The van der Waals surface area contributed by atoms with Crippen molar-refractivity contribution < 1.29 is 14.3 Å². The number of carbonyl (C=O) groups is 1. The zero-order chi connectivity index (χ0) is 22.9. The van der Waals surface area contributed by atoms with Gasteiger partial charge in [0.05, 0.1) is 30.9 Å². The molecule has 1 saturated heterocycles. The molecule has 1 N–H and O–H groups in total. The minimum atomic E-state index is -0.505. The highest BCUT2D eigenvalue weighted by atomic mass is 16.5. The summed E-state index contributed by atoms with van der Waals surface area (Å²) in [5.41, 5.74) is 3.44. The van der Waals surface area contributed by atoms with E-state index in [-0.39, 0.29) is 5.91 Å². The number of rotatable bonds is 6. The molecule has 1 fully saturated rings. The Balaban J connectivity index is 1.33. The monoisotopic (exact) mass is 458 g/mol. The van der Waals surface area contributed by atoms with Crippen LogP contribution in [-0.2, 0) is 9.53 Å². The van der Waals surface area contributed by atoms with Crippen molar-refractivity contribution in [2.45, 2.75) is 6.17 Å². The Morgan fingerprint density at radius 3 is 2.68 bits per heavy atom. The molecule has 3 aromatic rings. The first-order valence-corrected chi connectivity index (χ1v) is 11.5. The molecule has 0 bridgehead atoms. The van der Waals surface area contributed by atoms with Crippen LogP contribution in [0.2, 0.25) is 0 Å². The molecular weight excluding hydrogens is 432 g/mol. The van der Waals surface area contributed by atoms with Gasteiger partial charge in [0.15, 0.2) is 6.17 Å². The Morgan fingerprint density at radius 1 is 1.06 bits per heavy atom. The van der Waals surface area contributed by atoms with E-state index in [2.05, 4.69) is 21.3 Å². The minimum absolute atomic E-state index is 0.102. The van der Waals surface area contributed by atoms with E-state index in [0.29, 0.717) is 18.0 Å². The Bertz CT molecular complexity index is 1190. The highest BCUT2D eigenvalue weighted by molar-refractivity contribution is 6.08. The molecule has 2 aromatic carbocycles. The van der Waals surface area contributed by atoms with Gasteiger partial charge in [-0.15, -0.1) is 0 Å². The molecule has 1 aromatic heterocycles. The van der Waals surface area contributed by atoms with E-state index < -0.39 is 6.17 Å². The molecule has 3 aliphatic heterocycles. The van der Waals surface area contributed by atoms with Gasteiger partial charge < -0.3 is 29.2 Å². The Hall–Kier alpha value is -3.82. The van der Waals surface area contributed by atoms with Gasteiger partial charge in [0.1, 0.15) is 18.0 Å². The standard InChI is InChI=1S/C25H26N6O3/c32-24-25-30(19-4-2-1-3-5-19)8-9-31(25)21-16-20(29-7-6-26-18-29)17-22(23(21)27-24)34-15-12-28-10-13-33-14-11-28/h1-9,16-18,25H,10-15H2,(H,27,32). The average molecular weight is 459 g/mol. The zero-order valence-corrected chi connectivity index (χ0v) is 18.7. The summed E-state index contributed by atoms with van der Waals surface area (Å²) >= 11 is 0. The summed E-state index contributed by atoms with van der Waals surface area (Å²) in [6, 6.07) is 13.9. The molecule has 1 atom stereocenters. The second-order valence-corrected chi connectivity index (χ2v) is 8.42. The van der Waals surface area contributed by atoms with E-state index in [0.717, 1.165) is 49.9 Å². The largest absolute Gasteiger partial charge is 0.490 e. The fourth-order valence-electron chi connectivity index (χ4n) is 4.62. The van der Waals surface area contributed by atoms with E-state index >= 15 is 0 Å². The van der Waals surface area contributed by atoms with Gasteiger partial charge in [0.2, 0.25) is 0 Å². The van der Waals surface area contributed by atoms with E-state index in [1.54, 1.807) is 12.5 Å². The maximum atomic E-state index is 13.3. The molecule has 6 rings (SSSR count). The first-order chi connectivity index (χ1) is 16.8. The highest BCUT2D eigenvalue weighted by Crippen LogP contribution is 2.44. The van der Waals surface area contributed by atoms with Crippen LogP contribution in [-0.4, -0.2) is 66.0 Å². The van der Waals surface area contributed by atoms with Gasteiger partial charge in [-0.25, -0.2) is 4.98 Å². The van der Waals surface area contributed by atoms with E-state index in [9.17, 15) is 4.79 Å². The number of ether oxygens (including phenoxy) is 2. The van der Waals surface area contributed by atoms with E-state index in [1.165, 1.54) is 0 Å². The molecule has 9 nitrogen and oxygen atoms in total. The highest BCUT2D eigenvalue weighted by Gasteiger charge is 2.41. The number of fused-ring (bicyclic) bond motifs is 3. The lowest BCUT2D eigenvalue weighted by atomic mass is 10.1. The average Bonchev–Trinajstić information content (AvgIpc) is 3.57. The normalized spacial score (nSPS) is 19.6. The van der Waals surface area contributed by atoms with Crippen molar-refractivity contribution in [1.82, 2.24) is 14.5 Å². The molecule has 174 valence electrons. The summed E-state index contributed by atoms with van der Waals surface area (Å²) in [4.78, 5) is 23.8. The summed E-state index contributed by atoms with van der Waals surface area (Å²) in [5.74, 6) is 0.544. The molecule has 0 radical (unpaired) electrons. The number of imidazole rings is 1. The van der Waals surface area contributed by atoms with Crippen LogP contribution in [0.4, 0.5) is 17.1 Å². The second kappa shape index (κ2) is 8.85. The first kappa shape index (κ1) is 20.8. The van der Waals surface area contributed by atoms with Gasteiger partial charge in [-0.3, -0.25) is 9.69 Å². The van der Waals surface area contributed by atoms with Gasteiger partial charge in [-0.2, -0.15) is 0 Å². The van der Waals surface area contributed by atoms with Crippen LogP contribution in [0.25, 0.3) is 5.69 Å². The third-order valence-corrected chi connectivity index (χ3v) is 6.37. The molecule has 1 amide bonds. The molecule has 0 spiro atoms. The molecule has 4 heterocycles. The number of benzene rings is 2. The van der Waals surface area contributed by atoms with E-state index in [1.807, 2.05) is 69.4 Å². The molecule has 9 heteroatoms. The minimum Gasteiger partial charge on any atom is -0.490 e. The lowest BCUT2D eigenvalue weighted by Gasteiger charge is -2.37. The third kappa shape index (κ3) is 3.78. The molecule has 34 heavy (non-hydrogen) atoms. The third-order valence-electron chi connectivity index (χ3n) is 6.37. The molecule has 0 aliphatic carbocycles. The summed E-state index contributed by atoms with van der Waals surface area (Å²) in [6.45, 7) is 4.64. The number of nitrogens with one attached hydrogen (secondary N) is 1. The first-order valence-electron chi connectivity index (χ1n) is 11.5. The summed E-state index contributed by atoms with van der Waals surface area (Å²) < 4.78 is 13.6. The van der Waals surface area contributed by atoms with E-state index in [4.69, 9.17) is 9.47 Å². The number of para-hydroxylation sites is 1. The van der Waals surface area contributed by atoms with Crippen molar-refractivity contribution in [3.8, 4) is 11.4 Å². The number of aromatic nitrogens is 2. The van der Waals surface area contributed by atoms with Crippen molar-refractivity contribution in [3.63, 3.8) is 0 Å². The van der Waals surface area contributed by atoms with Crippen molar-refractivity contribution in [3.05, 3.63) is 73.6 Å². The van der Waals surface area contributed by atoms with Gasteiger partial charge >= 0.3 is 0 Å². The zero-order valence-electron chi connectivity index (χ0n) is 18.7. The van der Waals surface area contributed by atoms with Crippen molar-refractivity contribution >= 4 is 23.0 Å². The van der Waals surface area contributed by atoms with Crippen LogP contribution < -0.4 is 19.9 Å². The molecule has 0 saturated carbocycles. The topological polar surface area (TPSA) is 75.1 Å². The number of hydrogen-bond acceptors (Lipinski definition) is 7. The Morgan fingerprint density at radius 2 is 1.88 bits per heavy atom.